The summed E-state index contributed by atoms with van der Waals surface area (Å²) < 4.78 is 37.2. The smallest absolute Gasteiger partial charge is 0.316 e. The number of rotatable bonds is 3. The van der Waals surface area contributed by atoms with Crippen LogP contribution >= 0.6 is 12.6 Å². The highest BCUT2D eigenvalue weighted by Crippen LogP contribution is 2.60. The van der Waals surface area contributed by atoms with E-state index < -0.39 is 17.6 Å². The van der Waals surface area contributed by atoms with E-state index in [1.165, 1.54) is 0 Å². The van der Waals surface area contributed by atoms with Crippen molar-refractivity contribution in [1.29, 1.82) is 5.26 Å². The van der Waals surface area contributed by atoms with E-state index in [0.29, 0.717) is 0 Å². The average molecular weight is 282 g/mol. The fraction of sp³-hybridized carbons (Fsp3) is 0.917. The van der Waals surface area contributed by atoms with E-state index in [9.17, 15) is 13.2 Å². The van der Waals surface area contributed by atoms with Crippen LogP contribution in [0.1, 0.15) is 46.5 Å². The van der Waals surface area contributed by atoms with Crippen LogP contribution in [0, 0.1) is 16.7 Å². The Labute approximate surface area is 112 Å². The van der Waals surface area contributed by atoms with Crippen molar-refractivity contribution in [1.82, 2.24) is 0 Å². The zero-order valence-corrected chi connectivity index (χ0v) is 11.9. The molecule has 1 aliphatic carbocycles. The monoisotopic (exact) mass is 282 g/mol. The molecule has 0 aromatic rings. The summed E-state index contributed by atoms with van der Waals surface area (Å²) in [5.41, 5.74) is 3.71. The van der Waals surface area contributed by atoms with Gasteiger partial charge < -0.3 is 5.73 Å². The molecule has 106 valence electrons. The van der Waals surface area contributed by atoms with Crippen molar-refractivity contribution in [2.75, 3.05) is 0 Å². The number of alkyl halides is 3. The van der Waals surface area contributed by atoms with E-state index in [0.717, 1.165) is 0 Å². The maximum Gasteiger partial charge on any atom is 0.394 e. The van der Waals surface area contributed by atoms with Gasteiger partial charge in [-0.05, 0) is 25.7 Å². The number of hydrogen-bond acceptors (Lipinski definition) is 3. The third kappa shape index (κ3) is 7.12. The second-order valence-corrected chi connectivity index (χ2v) is 7.06. The maximum absolute atomic E-state index is 12.3. The second-order valence-electron chi connectivity index (χ2n) is 5.72. The average Bonchev–Trinajstić information content (AvgIpc) is 2.91. The molecule has 0 radical (unpaired) electrons. The van der Waals surface area contributed by atoms with Crippen LogP contribution < -0.4 is 5.73 Å². The minimum absolute atomic E-state index is 0.00870. The fourth-order valence-corrected chi connectivity index (χ4v) is 1.32. The molecule has 1 unspecified atom stereocenters. The third-order valence-corrected chi connectivity index (χ3v) is 2.55. The van der Waals surface area contributed by atoms with Crippen LogP contribution in [0.3, 0.4) is 0 Å². The van der Waals surface area contributed by atoms with Gasteiger partial charge in [-0.15, -0.1) is 0 Å². The van der Waals surface area contributed by atoms with Gasteiger partial charge in [0.1, 0.15) is 0 Å². The van der Waals surface area contributed by atoms with Gasteiger partial charge >= 0.3 is 6.18 Å². The number of nitrogens with two attached hydrogens (primary N) is 1. The molecule has 2 N–H and O–H groups in total. The van der Waals surface area contributed by atoms with Crippen molar-refractivity contribution in [3.8, 4) is 6.07 Å². The Kier molecular flexibility index (Phi) is 6.02. The summed E-state index contributed by atoms with van der Waals surface area (Å²) >= 11 is 4.12. The van der Waals surface area contributed by atoms with Crippen molar-refractivity contribution >= 4 is 12.6 Å². The highest BCUT2D eigenvalue weighted by atomic mass is 32.1. The van der Waals surface area contributed by atoms with Gasteiger partial charge in [0, 0.05) is 4.75 Å². The predicted molar refractivity (Wildman–Crippen MR) is 69.3 cm³/mol. The summed E-state index contributed by atoms with van der Waals surface area (Å²) in [4.78, 5) is 0. The lowest BCUT2D eigenvalue weighted by Gasteiger charge is -2.19. The summed E-state index contributed by atoms with van der Waals surface area (Å²) in [5.74, 6) is 0. The zero-order valence-electron chi connectivity index (χ0n) is 11.0. The molecule has 0 saturated heterocycles. The molecule has 0 spiro atoms. The third-order valence-electron chi connectivity index (χ3n) is 2.55. The lowest BCUT2D eigenvalue weighted by molar-refractivity contribution is -0.189. The first kappa shape index (κ1) is 17.6. The predicted octanol–water partition coefficient (Wildman–Crippen LogP) is 3.67. The van der Waals surface area contributed by atoms with Gasteiger partial charge in [0.2, 0.25) is 0 Å². The first-order valence-corrected chi connectivity index (χ1v) is 6.30. The van der Waals surface area contributed by atoms with E-state index in [-0.39, 0.29) is 30.4 Å². The Hall–Kier alpha value is -0.410. The Morgan fingerprint density at radius 1 is 1.33 bits per heavy atom. The molecule has 0 aromatic heterocycles. The zero-order chi connectivity index (χ0) is 14.6. The van der Waals surface area contributed by atoms with E-state index in [4.69, 9.17) is 11.0 Å². The molecule has 0 bridgehead atoms. The second kappa shape index (κ2) is 6.16. The quantitative estimate of drug-likeness (QED) is 0.776. The number of nitriles is 1. The Morgan fingerprint density at radius 2 is 1.72 bits per heavy atom. The summed E-state index contributed by atoms with van der Waals surface area (Å²) in [5, 5.41) is 8.30. The van der Waals surface area contributed by atoms with Crippen LogP contribution in [0.25, 0.3) is 0 Å². The standard InChI is InChI=1S/C8H11F3N2.C4H10S/c9-8(10,11)7(3-4-7)2-1-6(13)5-12;1-4(2,3)5/h6H,1-4,13H2;5H,1-3H3. The molecule has 1 atom stereocenters. The molecular formula is C12H21F3N2S. The van der Waals surface area contributed by atoms with Crippen LogP contribution in [-0.2, 0) is 0 Å². The minimum atomic E-state index is -4.12. The fourth-order valence-electron chi connectivity index (χ4n) is 1.32. The number of hydrogen-bond donors (Lipinski definition) is 2. The van der Waals surface area contributed by atoms with E-state index in [2.05, 4.69) is 33.4 Å². The lowest BCUT2D eigenvalue weighted by Crippen LogP contribution is -2.27. The van der Waals surface area contributed by atoms with Crippen LogP contribution in [-0.4, -0.2) is 17.0 Å². The van der Waals surface area contributed by atoms with E-state index in [1.807, 2.05) is 0 Å². The van der Waals surface area contributed by atoms with Crippen LogP contribution in [0.5, 0.6) is 0 Å². The highest BCUT2D eigenvalue weighted by molar-refractivity contribution is 7.81. The molecule has 0 heterocycles. The van der Waals surface area contributed by atoms with Gasteiger partial charge in [0.15, 0.2) is 0 Å². The normalized spacial score (nSPS) is 19.3. The first-order chi connectivity index (χ1) is 7.91. The van der Waals surface area contributed by atoms with Gasteiger partial charge in [-0.1, -0.05) is 20.8 Å². The molecule has 0 amide bonds. The van der Waals surface area contributed by atoms with Gasteiger partial charge in [-0.2, -0.15) is 31.1 Å². The molecule has 2 nitrogen and oxygen atoms in total. The summed E-state index contributed by atoms with van der Waals surface area (Å²) in [6.07, 6.45) is -3.62. The van der Waals surface area contributed by atoms with Gasteiger partial charge in [0.05, 0.1) is 17.5 Å². The first-order valence-electron chi connectivity index (χ1n) is 5.86. The molecule has 1 rings (SSSR count). The largest absolute Gasteiger partial charge is 0.394 e. The van der Waals surface area contributed by atoms with Gasteiger partial charge in [-0.3, -0.25) is 0 Å². The Morgan fingerprint density at radius 3 is 1.94 bits per heavy atom. The molecule has 1 saturated carbocycles. The molecule has 0 aromatic carbocycles. The molecule has 6 heteroatoms. The summed E-state index contributed by atoms with van der Waals surface area (Å²) in [6.45, 7) is 6.16. The molecule has 1 aliphatic rings. The SMILES string of the molecule is CC(C)(C)S.N#CC(N)CCC1(C(F)(F)F)CC1. The Balaban J connectivity index is 0.000000494. The number of thiol groups is 1. The van der Waals surface area contributed by atoms with Gasteiger partial charge in [0.25, 0.3) is 0 Å². The van der Waals surface area contributed by atoms with Crippen molar-refractivity contribution in [3.05, 3.63) is 0 Å². The van der Waals surface area contributed by atoms with Crippen molar-refractivity contribution in [3.63, 3.8) is 0 Å². The minimum Gasteiger partial charge on any atom is -0.316 e. The van der Waals surface area contributed by atoms with Crippen molar-refractivity contribution < 1.29 is 13.2 Å². The van der Waals surface area contributed by atoms with Crippen LogP contribution in [0.4, 0.5) is 13.2 Å². The van der Waals surface area contributed by atoms with Crippen LogP contribution in [0.15, 0.2) is 0 Å². The van der Waals surface area contributed by atoms with E-state index >= 15 is 0 Å². The summed E-state index contributed by atoms with van der Waals surface area (Å²) in [7, 11) is 0. The maximum atomic E-state index is 12.3. The molecule has 0 aliphatic heterocycles. The lowest BCUT2D eigenvalue weighted by atomic mass is 9.97. The number of halogens is 3. The molecular weight excluding hydrogens is 261 g/mol. The molecule has 18 heavy (non-hydrogen) atoms. The summed E-state index contributed by atoms with van der Waals surface area (Å²) in [6, 6.07) is 0.963. The number of nitrogens with zero attached hydrogens (tertiary/aromatic N) is 1. The van der Waals surface area contributed by atoms with Crippen molar-refractivity contribution in [2.24, 2.45) is 11.1 Å². The highest BCUT2D eigenvalue weighted by Gasteiger charge is 2.62. The topological polar surface area (TPSA) is 49.8 Å². The van der Waals surface area contributed by atoms with Crippen LogP contribution in [0.2, 0.25) is 0 Å². The Bertz CT molecular complexity index is 292. The van der Waals surface area contributed by atoms with Gasteiger partial charge in [-0.25, -0.2) is 0 Å². The van der Waals surface area contributed by atoms with Crippen molar-refractivity contribution in [2.45, 2.75) is 63.4 Å². The van der Waals surface area contributed by atoms with E-state index in [1.54, 1.807) is 6.07 Å². The molecule has 1 fully saturated rings.